The lowest BCUT2D eigenvalue weighted by molar-refractivity contribution is -0.117. The van der Waals surface area contributed by atoms with E-state index in [2.05, 4.69) is 5.32 Å². The number of aryl methyl sites for hydroxylation is 2. The van der Waals surface area contributed by atoms with E-state index < -0.39 is 5.91 Å². The molecule has 1 aromatic rings. The standard InChI is InChI=1S/C17H21NO2/c19-16(17(20)18-15-7-2-1-3-8-15)14-10-9-12-5-4-6-13(12)11-14/h9-11,15H,1-8H2,(H,18,20). The van der Waals surface area contributed by atoms with Gasteiger partial charge in [-0.2, -0.15) is 0 Å². The minimum Gasteiger partial charge on any atom is -0.346 e. The molecule has 3 rings (SSSR count). The number of Topliss-reactive ketones (excluding diaryl/α,β-unsaturated/α-hetero) is 1. The lowest BCUT2D eigenvalue weighted by Gasteiger charge is -2.22. The smallest absolute Gasteiger partial charge is 0.292 e. The third kappa shape index (κ3) is 2.77. The van der Waals surface area contributed by atoms with Gasteiger partial charge in [0.25, 0.3) is 5.91 Å². The van der Waals surface area contributed by atoms with E-state index in [1.165, 1.54) is 17.5 Å². The normalized spacial score (nSPS) is 18.6. The number of hydrogen-bond donors (Lipinski definition) is 1. The van der Waals surface area contributed by atoms with E-state index in [1.54, 1.807) is 6.07 Å². The summed E-state index contributed by atoms with van der Waals surface area (Å²) in [5.41, 5.74) is 3.11. The van der Waals surface area contributed by atoms with Gasteiger partial charge in [0.15, 0.2) is 0 Å². The van der Waals surface area contributed by atoms with Crippen LogP contribution in [-0.2, 0) is 17.6 Å². The second-order valence-corrected chi connectivity index (χ2v) is 5.97. The van der Waals surface area contributed by atoms with Crippen molar-refractivity contribution in [1.82, 2.24) is 5.32 Å². The molecule has 0 atom stereocenters. The maximum Gasteiger partial charge on any atom is 0.292 e. The molecule has 0 bridgehead atoms. The first-order valence-corrected chi connectivity index (χ1v) is 7.71. The topological polar surface area (TPSA) is 46.2 Å². The molecular weight excluding hydrogens is 250 g/mol. The Hall–Kier alpha value is -1.64. The van der Waals surface area contributed by atoms with Gasteiger partial charge in [0.05, 0.1) is 0 Å². The van der Waals surface area contributed by atoms with Crippen LogP contribution in [0.25, 0.3) is 0 Å². The molecule has 1 saturated carbocycles. The number of nitrogens with one attached hydrogen (secondary N) is 1. The Kier molecular flexibility index (Phi) is 3.86. The molecule has 0 unspecified atom stereocenters. The molecule has 1 N–H and O–H groups in total. The van der Waals surface area contributed by atoms with Crippen LogP contribution in [0.5, 0.6) is 0 Å². The number of rotatable bonds is 3. The monoisotopic (exact) mass is 271 g/mol. The molecule has 1 amide bonds. The molecule has 0 radical (unpaired) electrons. The quantitative estimate of drug-likeness (QED) is 0.678. The third-order valence-corrected chi connectivity index (χ3v) is 4.51. The second kappa shape index (κ2) is 5.78. The van der Waals surface area contributed by atoms with Crippen molar-refractivity contribution in [2.24, 2.45) is 0 Å². The van der Waals surface area contributed by atoms with Crippen molar-refractivity contribution < 1.29 is 9.59 Å². The van der Waals surface area contributed by atoms with Gasteiger partial charge >= 0.3 is 0 Å². The molecule has 2 aliphatic rings. The van der Waals surface area contributed by atoms with Crippen molar-refractivity contribution in [1.29, 1.82) is 0 Å². The van der Waals surface area contributed by atoms with Crippen molar-refractivity contribution in [2.75, 3.05) is 0 Å². The summed E-state index contributed by atoms with van der Waals surface area (Å²) >= 11 is 0. The minimum atomic E-state index is -0.435. The molecule has 1 fully saturated rings. The lowest BCUT2D eigenvalue weighted by atomic mass is 9.95. The van der Waals surface area contributed by atoms with Gasteiger partial charge in [0, 0.05) is 11.6 Å². The summed E-state index contributed by atoms with van der Waals surface area (Å²) in [5, 5.41) is 2.90. The number of carbonyl (C=O) groups is 2. The first kappa shape index (κ1) is 13.3. The zero-order valence-corrected chi connectivity index (χ0v) is 11.8. The van der Waals surface area contributed by atoms with Crippen LogP contribution in [0, 0.1) is 0 Å². The summed E-state index contributed by atoms with van der Waals surface area (Å²) in [6.07, 6.45) is 8.83. The Balaban J connectivity index is 1.67. The van der Waals surface area contributed by atoms with Crippen molar-refractivity contribution in [3.8, 4) is 0 Å². The Morgan fingerprint density at radius 3 is 2.50 bits per heavy atom. The van der Waals surface area contributed by atoms with Gasteiger partial charge in [0.2, 0.25) is 5.78 Å². The SMILES string of the molecule is O=C(NC1CCCCC1)C(=O)c1ccc2c(c1)CCC2. The first-order valence-electron chi connectivity index (χ1n) is 7.71. The van der Waals surface area contributed by atoms with Gasteiger partial charge in [-0.25, -0.2) is 0 Å². The van der Waals surface area contributed by atoms with Crippen LogP contribution in [0.3, 0.4) is 0 Å². The average Bonchev–Trinajstić information content (AvgIpc) is 2.94. The second-order valence-electron chi connectivity index (χ2n) is 5.97. The van der Waals surface area contributed by atoms with Crippen LogP contribution < -0.4 is 5.32 Å². The number of benzene rings is 1. The summed E-state index contributed by atoms with van der Waals surface area (Å²) in [6, 6.07) is 5.90. The summed E-state index contributed by atoms with van der Waals surface area (Å²) in [6.45, 7) is 0. The largest absolute Gasteiger partial charge is 0.346 e. The fraction of sp³-hybridized carbons (Fsp3) is 0.529. The maximum absolute atomic E-state index is 12.2. The maximum atomic E-state index is 12.2. The first-order chi connectivity index (χ1) is 9.74. The average molecular weight is 271 g/mol. The van der Waals surface area contributed by atoms with Crippen LogP contribution in [-0.4, -0.2) is 17.7 Å². The zero-order valence-electron chi connectivity index (χ0n) is 11.8. The van der Waals surface area contributed by atoms with Gasteiger partial charge in [-0.15, -0.1) is 0 Å². The number of ketones is 1. The van der Waals surface area contributed by atoms with Crippen LogP contribution >= 0.6 is 0 Å². The number of amides is 1. The highest BCUT2D eigenvalue weighted by molar-refractivity contribution is 6.42. The van der Waals surface area contributed by atoms with E-state index in [0.29, 0.717) is 5.56 Å². The highest BCUT2D eigenvalue weighted by Crippen LogP contribution is 2.23. The Labute approximate surface area is 119 Å². The van der Waals surface area contributed by atoms with Gasteiger partial charge in [0.1, 0.15) is 0 Å². The molecule has 3 heteroatoms. The number of carbonyl (C=O) groups excluding carboxylic acids is 2. The molecule has 106 valence electrons. The van der Waals surface area contributed by atoms with Gasteiger partial charge < -0.3 is 5.32 Å². The Morgan fingerprint density at radius 2 is 1.70 bits per heavy atom. The van der Waals surface area contributed by atoms with E-state index >= 15 is 0 Å². The summed E-state index contributed by atoms with van der Waals surface area (Å²) < 4.78 is 0. The minimum absolute atomic E-state index is 0.189. The fourth-order valence-corrected chi connectivity index (χ4v) is 3.34. The summed E-state index contributed by atoms with van der Waals surface area (Å²) in [7, 11) is 0. The van der Waals surface area contributed by atoms with E-state index in [0.717, 1.165) is 44.9 Å². The Morgan fingerprint density at radius 1 is 0.950 bits per heavy atom. The molecule has 1 aromatic carbocycles. The third-order valence-electron chi connectivity index (χ3n) is 4.51. The van der Waals surface area contributed by atoms with Crippen LogP contribution in [0.4, 0.5) is 0 Å². The molecule has 0 aromatic heterocycles. The number of fused-ring (bicyclic) bond motifs is 1. The highest BCUT2D eigenvalue weighted by Gasteiger charge is 2.22. The predicted octanol–water partition coefficient (Wildman–Crippen LogP) is 2.81. The van der Waals surface area contributed by atoms with E-state index in [-0.39, 0.29) is 11.8 Å². The van der Waals surface area contributed by atoms with Gasteiger partial charge in [-0.05, 0) is 49.3 Å². The molecule has 20 heavy (non-hydrogen) atoms. The van der Waals surface area contributed by atoms with Gasteiger partial charge in [-0.3, -0.25) is 9.59 Å². The summed E-state index contributed by atoms with van der Waals surface area (Å²) in [4.78, 5) is 24.3. The lowest BCUT2D eigenvalue weighted by Crippen LogP contribution is -2.40. The van der Waals surface area contributed by atoms with E-state index in [4.69, 9.17) is 0 Å². The molecule has 3 nitrogen and oxygen atoms in total. The molecular formula is C17H21NO2. The van der Waals surface area contributed by atoms with Crippen molar-refractivity contribution >= 4 is 11.7 Å². The van der Waals surface area contributed by atoms with Crippen LogP contribution in [0.2, 0.25) is 0 Å². The zero-order chi connectivity index (χ0) is 13.9. The van der Waals surface area contributed by atoms with Gasteiger partial charge in [-0.1, -0.05) is 31.4 Å². The fourth-order valence-electron chi connectivity index (χ4n) is 3.34. The van der Waals surface area contributed by atoms with Crippen molar-refractivity contribution in [3.05, 3.63) is 34.9 Å². The predicted molar refractivity (Wildman–Crippen MR) is 77.8 cm³/mol. The molecule has 0 heterocycles. The van der Waals surface area contributed by atoms with E-state index in [9.17, 15) is 9.59 Å². The van der Waals surface area contributed by atoms with Crippen molar-refractivity contribution in [2.45, 2.75) is 57.4 Å². The molecule has 2 aliphatic carbocycles. The van der Waals surface area contributed by atoms with Crippen LogP contribution in [0.15, 0.2) is 18.2 Å². The highest BCUT2D eigenvalue weighted by atomic mass is 16.2. The molecule has 0 spiro atoms. The van der Waals surface area contributed by atoms with E-state index in [1.807, 2.05) is 12.1 Å². The molecule has 0 aliphatic heterocycles. The number of hydrogen-bond acceptors (Lipinski definition) is 2. The summed E-state index contributed by atoms with van der Waals surface area (Å²) in [5.74, 6) is -0.819. The van der Waals surface area contributed by atoms with Crippen LogP contribution in [0.1, 0.15) is 60.0 Å². The molecule has 0 saturated heterocycles. The van der Waals surface area contributed by atoms with Crippen molar-refractivity contribution in [3.63, 3.8) is 0 Å². The Bertz CT molecular complexity index is 530.